The molecule has 0 aliphatic rings. The minimum Gasteiger partial charge on any atom is -0.399 e. The van der Waals surface area contributed by atoms with Crippen molar-refractivity contribution in [3.63, 3.8) is 0 Å². The van der Waals surface area contributed by atoms with Crippen molar-refractivity contribution < 1.29 is 53.8 Å². The fourth-order valence-electron chi connectivity index (χ4n) is 6.10. The second kappa shape index (κ2) is 30.8. The van der Waals surface area contributed by atoms with Gasteiger partial charge in [0.1, 0.15) is 0 Å². The molecule has 6 aromatic carbocycles. The SMILES string of the molecule is CC(=O)Nc1ccc([N+](=O)[O-])cc1C(C)=O.CC(=O)Nc1ccccc1C(C)=O.CC(=O)c1cc([N+](=O)[O-])ccc1N.CC(=O)c1ccccc1N.CC(O)c1cc(N)ccc1N.CC(O)c1cc([N+](=O)[O-])ccc1N. The number of carbonyl (C=O) groups excluding carboxylic acids is 6. The van der Waals surface area contributed by atoms with Crippen LogP contribution in [0.2, 0.25) is 0 Å². The van der Waals surface area contributed by atoms with Crippen molar-refractivity contribution in [2.75, 3.05) is 39.3 Å². The molecular formula is C52H60N10O14. The lowest BCUT2D eigenvalue weighted by Crippen LogP contribution is -2.10. The molecular weight excluding hydrogens is 989 g/mol. The van der Waals surface area contributed by atoms with E-state index in [0.717, 1.165) is 6.07 Å². The molecule has 0 aliphatic heterocycles. The Balaban J connectivity index is 0.000000458. The van der Waals surface area contributed by atoms with Gasteiger partial charge < -0.3 is 49.5 Å². The lowest BCUT2D eigenvalue weighted by Gasteiger charge is -2.08. The highest BCUT2D eigenvalue weighted by Crippen LogP contribution is 2.26. The fraction of sp³-hybridized carbons (Fsp3) is 0.192. The molecule has 6 rings (SSSR count). The molecule has 6 aromatic rings. The number of hydrogen-bond donors (Lipinski definition) is 9. The Kier molecular flexibility index (Phi) is 26.0. The van der Waals surface area contributed by atoms with Gasteiger partial charge in [-0.05, 0) is 102 Å². The lowest BCUT2D eigenvalue weighted by molar-refractivity contribution is -0.385. The smallest absolute Gasteiger partial charge is 0.270 e. The van der Waals surface area contributed by atoms with Gasteiger partial charge in [-0.2, -0.15) is 0 Å². The van der Waals surface area contributed by atoms with E-state index in [9.17, 15) is 69.3 Å². The number of Topliss-reactive ketones (excluding diaryl/α,β-unsaturated/α-hetero) is 4. The van der Waals surface area contributed by atoms with E-state index in [-0.39, 0.29) is 74.5 Å². The van der Waals surface area contributed by atoms with E-state index in [0.29, 0.717) is 50.7 Å². The number of anilines is 7. The number of carbonyl (C=O) groups is 6. The summed E-state index contributed by atoms with van der Waals surface area (Å²) in [5, 5.41) is 54.7. The third kappa shape index (κ3) is 21.8. The Labute approximate surface area is 436 Å². The second-order valence-corrected chi connectivity index (χ2v) is 16.0. The number of ketones is 4. The molecule has 14 N–H and O–H groups in total. The quantitative estimate of drug-likeness (QED) is 0.0254. The zero-order chi connectivity index (χ0) is 58.1. The van der Waals surface area contributed by atoms with Crippen molar-refractivity contribution in [1.82, 2.24) is 0 Å². The summed E-state index contributed by atoms with van der Waals surface area (Å²) in [6.07, 6.45) is -1.35. The van der Waals surface area contributed by atoms with Crippen molar-refractivity contribution in [2.24, 2.45) is 0 Å². The number of nitrogens with zero attached hydrogens (tertiary/aromatic N) is 3. The molecule has 0 aliphatic carbocycles. The zero-order valence-corrected chi connectivity index (χ0v) is 42.7. The largest absolute Gasteiger partial charge is 0.399 e. The number of para-hydroxylation sites is 2. The maximum absolute atomic E-state index is 11.2. The maximum atomic E-state index is 11.2. The van der Waals surface area contributed by atoms with Crippen molar-refractivity contribution in [3.8, 4) is 0 Å². The highest BCUT2D eigenvalue weighted by Gasteiger charge is 2.16. The maximum Gasteiger partial charge on any atom is 0.270 e. The summed E-state index contributed by atoms with van der Waals surface area (Å²) in [7, 11) is 0. The number of aliphatic hydroxyl groups excluding tert-OH is 2. The number of non-ortho nitro benzene ring substituents is 3. The van der Waals surface area contributed by atoms with Crippen LogP contribution in [-0.4, -0.2) is 59.9 Å². The minimum atomic E-state index is -0.792. The zero-order valence-electron chi connectivity index (χ0n) is 42.7. The van der Waals surface area contributed by atoms with Crippen molar-refractivity contribution in [3.05, 3.63) is 185 Å². The van der Waals surface area contributed by atoms with E-state index in [1.54, 1.807) is 67.6 Å². The van der Waals surface area contributed by atoms with Gasteiger partial charge in [0, 0.05) is 112 Å². The van der Waals surface area contributed by atoms with Gasteiger partial charge in [0.2, 0.25) is 11.8 Å². The highest BCUT2D eigenvalue weighted by molar-refractivity contribution is 6.04. The molecule has 0 aromatic heterocycles. The highest BCUT2D eigenvalue weighted by atomic mass is 16.6. The average molecular weight is 1050 g/mol. The van der Waals surface area contributed by atoms with Crippen LogP contribution in [0.15, 0.2) is 121 Å². The first-order valence-electron chi connectivity index (χ1n) is 22.3. The number of nitrogen functional groups attached to an aromatic ring is 5. The Morgan fingerprint density at radius 3 is 1.16 bits per heavy atom. The summed E-state index contributed by atoms with van der Waals surface area (Å²) in [5.74, 6) is -1.17. The van der Waals surface area contributed by atoms with E-state index in [2.05, 4.69) is 10.6 Å². The normalized spacial score (nSPS) is 10.5. The first kappa shape index (κ1) is 64.1. The van der Waals surface area contributed by atoms with Crippen LogP contribution in [0.25, 0.3) is 0 Å². The van der Waals surface area contributed by atoms with Gasteiger partial charge >= 0.3 is 0 Å². The predicted octanol–water partition coefficient (Wildman–Crippen LogP) is 8.59. The van der Waals surface area contributed by atoms with Crippen LogP contribution in [0.1, 0.15) is 120 Å². The summed E-state index contributed by atoms with van der Waals surface area (Å²) in [6, 6.07) is 30.6. The number of amides is 2. The fourth-order valence-corrected chi connectivity index (χ4v) is 6.10. The monoisotopic (exact) mass is 1050 g/mol. The summed E-state index contributed by atoms with van der Waals surface area (Å²) in [4.78, 5) is 95.2. The van der Waals surface area contributed by atoms with Gasteiger partial charge in [0.15, 0.2) is 23.1 Å². The van der Waals surface area contributed by atoms with Crippen molar-refractivity contribution in [2.45, 2.75) is 67.6 Å². The molecule has 24 nitrogen and oxygen atoms in total. The van der Waals surface area contributed by atoms with Crippen LogP contribution in [-0.2, 0) is 9.59 Å². The van der Waals surface area contributed by atoms with Gasteiger partial charge in [0.25, 0.3) is 17.1 Å². The van der Waals surface area contributed by atoms with Gasteiger partial charge in [-0.1, -0.05) is 24.3 Å². The molecule has 2 atom stereocenters. The lowest BCUT2D eigenvalue weighted by atomic mass is 10.1. The number of rotatable bonds is 11. The standard InChI is InChI=1S/C10H10N2O4.C10H11NO2.C8H10N2O3.C8H8N2O3.C8H12N2O.C8H9NO/c1-6(13)9-5-8(12(15)16)3-4-10(9)11-7(2)14;1-7(12)9-5-3-4-6-10(9)11-8(2)13;2*1-5(11)7-4-6(10(12)13)2-3-8(7)9;1-5(11)7-4-6(9)2-3-8(7)10;1-6(10)7-4-2-3-5-8(7)9/h3-5H,1-2H3,(H,11,14);3-6H,1-2H3,(H,11,13);2-5,11H,9H2,1H3;2-4H,9H2,1H3;2-5,11H,9-10H2,1H3;2-5H,9H2,1H3. The summed E-state index contributed by atoms with van der Waals surface area (Å²) < 4.78 is 0. The molecule has 0 saturated heterocycles. The van der Waals surface area contributed by atoms with Crippen LogP contribution in [0.4, 0.5) is 56.9 Å². The second-order valence-electron chi connectivity index (χ2n) is 16.0. The molecule has 76 heavy (non-hydrogen) atoms. The van der Waals surface area contributed by atoms with E-state index in [1.807, 2.05) is 6.07 Å². The Bertz CT molecular complexity index is 3090. The number of nitro groups is 3. The van der Waals surface area contributed by atoms with Gasteiger partial charge in [0.05, 0.1) is 38.4 Å². The van der Waals surface area contributed by atoms with E-state index >= 15 is 0 Å². The first-order valence-corrected chi connectivity index (χ1v) is 22.3. The van der Waals surface area contributed by atoms with Gasteiger partial charge in [-0.15, -0.1) is 0 Å². The number of nitrogens with one attached hydrogen (secondary N) is 2. The number of nitro benzene ring substituents is 3. The van der Waals surface area contributed by atoms with Crippen LogP contribution in [0.5, 0.6) is 0 Å². The first-order chi connectivity index (χ1) is 35.4. The third-order valence-corrected chi connectivity index (χ3v) is 9.78. The number of aliphatic hydroxyl groups is 2. The van der Waals surface area contributed by atoms with Gasteiger partial charge in [-0.3, -0.25) is 59.1 Å². The molecule has 2 amide bonds. The molecule has 24 heteroatoms. The summed E-state index contributed by atoms with van der Waals surface area (Å²) in [5.41, 5.74) is 32.9. The van der Waals surface area contributed by atoms with E-state index in [4.69, 9.17) is 28.7 Å². The number of benzene rings is 6. The molecule has 402 valence electrons. The number of nitrogens with two attached hydrogens (primary N) is 5. The Hall–Kier alpha value is -9.94. The van der Waals surface area contributed by atoms with E-state index < -0.39 is 27.0 Å². The van der Waals surface area contributed by atoms with Crippen LogP contribution in [0, 0.1) is 30.3 Å². The van der Waals surface area contributed by atoms with Crippen molar-refractivity contribution >= 4 is 91.8 Å². The molecule has 2 unspecified atom stereocenters. The van der Waals surface area contributed by atoms with Crippen LogP contribution < -0.4 is 39.3 Å². The minimum absolute atomic E-state index is 0.0121. The Morgan fingerprint density at radius 2 is 0.763 bits per heavy atom. The van der Waals surface area contributed by atoms with Crippen LogP contribution >= 0.6 is 0 Å². The topological polar surface area (TPSA) is 426 Å². The molecule has 0 fully saturated rings. The molecule has 0 heterocycles. The Morgan fingerprint density at radius 1 is 0.421 bits per heavy atom. The third-order valence-electron chi connectivity index (χ3n) is 9.78. The van der Waals surface area contributed by atoms with Crippen molar-refractivity contribution in [1.29, 1.82) is 0 Å². The summed E-state index contributed by atoms with van der Waals surface area (Å²) >= 11 is 0. The molecule has 0 saturated carbocycles. The molecule has 0 bridgehead atoms. The predicted molar refractivity (Wildman–Crippen MR) is 291 cm³/mol. The van der Waals surface area contributed by atoms with Crippen LogP contribution in [0.3, 0.4) is 0 Å². The average Bonchev–Trinajstić information content (AvgIpc) is 3.33. The number of hydrogen-bond acceptors (Lipinski definition) is 19. The molecule has 0 spiro atoms. The van der Waals surface area contributed by atoms with Gasteiger partial charge in [-0.25, -0.2) is 0 Å². The summed E-state index contributed by atoms with van der Waals surface area (Å²) in [6.45, 7) is 11.5. The molecule has 0 radical (unpaired) electrons. The van der Waals surface area contributed by atoms with E-state index in [1.165, 1.54) is 97.0 Å².